The van der Waals surface area contributed by atoms with Gasteiger partial charge in [-0.25, -0.2) is 4.79 Å². The average Bonchev–Trinajstić information content (AvgIpc) is 3.13. The molecule has 0 aliphatic heterocycles. The number of rotatable bonds is 10. The van der Waals surface area contributed by atoms with Gasteiger partial charge in [-0.3, -0.25) is 24.0 Å². The number of para-hydroxylation sites is 1. The number of carbonyl (C=O) groups excluding carboxylic acids is 1. The fraction of sp³-hybridized carbons (Fsp3) is 0.417. The second-order valence-corrected chi connectivity index (χ2v) is 8.09. The van der Waals surface area contributed by atoms with Crippen LogP contribution in [0.4, 0.5) is 11.5 Å². The maximum absolute atomic E-state index is 13.5. The summed E-state index contributed by atoms with van der Waals surface area (Å²) in [4.78, 5) is 42.5. The minimum atomic E-state index is -0.712. The number of anilines is 2. The largest absolute Gasteiger partial charge is 0.496 e. The quantitative estimate of drug-likeness (QED) is 0.466. The summed E-state index contributed by atoms with van der Waals surface area (Å²) in [5.74, 6) is 0.846. The normalized spacial score (nSPS) is 10.9. The molecule has 3 N–H and O–H groups in total. The van der Waals surface area contributed by atoms with Gasteiger partial charge in [0.05, 0.1) is 19.3 Å². The average molecular weight is 470 g/mol. The number of nitrogens with zero attached hydrogens (tertiary/aromatic N) is 3. The van der Waals surface area contributed by atoms with E-state index in [9.17, 15) is 14.4 Å². The van der Waals surface area contributed by atoms with E-state index in [1.165, 1.54) is 16.6 Å². The Morgan fingerprint density at radius 3 is 2.65 bits per heavy atom. The molecule has 2 heterocycles. The highest BCUT2D eigenvalue weighted by Gasteiger charge is 2.26. The zero-order chi connectivity index (χ0) is 24.8. The Balaban J connectivity index is 2.05. The van der Waals surface area contributed by atoms with Crippen LogP contribution in [-0.4, -0.2) is 27.7 Å². The summed E-state index contributed by atoms with van der Waals surface area (Å²) in [6, 6.07) is 7.22. The molecule has 3 aromatic rings. The Labute approximate surface area is 197 Å². The molecule has 10 heteroatoms. The monoisotopic (exact) mass is 469 g/mol. The smallest absolute Gasteiger partial charge is 0.330 e. The van der Waals surface area contributed by atoms with E-state index >= 15 is 0 Å². The van der Waals surface area contributed by atoms with Crippen LogP contribution in [0.2, 0.25) is 0 Å². The van der Waals surface area contributed by atoms with Gasteiger partial charge in [-0.1, -0.05) is 36.7 Å². The van der Waals surface area contributed by atoms with Crippen molar-refractivity contribution in [3.8, 4) is 5.75 Å². The number of H-pyrrole nitrogens is 1. The zero-order valence-electron chi connectivity index (χ0n) is 20.0. The van der Waals surface area contributed by atoms with Gasteiger partial charge in [0.15, 0.2) is 5.69 Å². The Morgan fingerprint density at radius 1 is 1.26 bits per heavy atom. The van der Waals surface area contributed by atoms with E-state index in [2.05, 4.69) is 10.1 Å². The number of unbranched alkanes of at least 4 members (excludes halogenated alkanes) is 1. The summed E-state index contributed by atoms with van der Waals surface area (Å²) in [6.07, 6.45) is 2.00. The minimum absolute atomic E-state index is 0.0391. The lowest BCUT2D eigenvalue weighted by Crippen LogP contribution is -2.41. The molecule has 1 aromatic carbocycles. The molecule has 34 heavy (non-hydrogen) atoms. The molecule has 10 nitrogen and oxygen atoms in total. The van der Waals surface area contributed by atoms with Crippen molar-refractivity contribution in [2.24, 2.45) is 0 Å². The van der Waals surface area contributed by atoms with Crippen molar-refractivity contribution in [2.75, 3.05) is 17.7 Å². The first-order valence-electron chi connectivity index (χ1n) is 11.2. The molecular weight excluding hydrogens is 438 g/mol. The number of hydrogen-bond acceptors (Lipinski definition) is 7. The summed E-state index contributed by atoms with van der Waals surface area (Å²) in [5.41, 5.74) is 7.22. The molecule has 2 aromatic heterocycles. The molecule has 0 saturated heterocycles. The number of nitrogens with one attached hydrogen (secondary N) is 1. The number of hydrogen-bond donors (Lipinski definition) is 2. The lowest BCUT2D eigenvalue weighted by atomic mass is 10.1. The first kappa shape index (κ1) is 24.8. The number of aryl methyl sites for hydroxylation is 2. The maximum atomic E-state index is 13.5. The summed E-state index contributed by atoms with van der Waals surface area (Å²) in [5, 5.41) is 3.94. The number of nitrogen functional groups attached to an aromatic ring is 1. The van der Waals surface area contributed by atoms with E-state index in [0.29, 0.717) is 42.2 Å². The first-order valence-corrected chi connectivity index (χ1v) is 11.2. The Hall–Kier alpha value is -3.82. The van der Waals surface area contributed by atoms with Gasteiger partial charge in [0.2, 0.25) is 5.91 Å². The summed E-state index contributed by atoms with van der Waals surface area (Å²) < 4.78 is 11.9. The van der Waals surface area contributed by atoms with Crippen LogP contribution in [-0.2, 0) is 24.3 Å². The second-order valence-electron chi connectivity index (χ2n) is 8.09. The van der Waals surface area contributed by atoms with E-state index in [1.54, 1.807) is 13.0 Å². The molecule has 0 fully saturated rings. The SMILES string of the molecule is CCCCn1c(N)c(N(Cc2ccccc2OC)C(=O)CCc2c(C)noc2C)c(=O)[nH]c1=O. The second kappa shape index (κ2) is 10.9. The van der Waals surface area contributed by atoms with Crippen molar-refractivity contribution in [1.82, 2.24) is 14.7 Å². The number of aromatic nitrogens is 3. The van der Waals surface area contributed by atoms with Crippen LogP contribution in [0.3, 0.4) is 0 Å². The predicted octanol–water partition coefficient (Wildman–Crippen LogP) is 2.70. The van der Waals surface area contributed by atoms with Gasteiger partial charge in [0.25, 0.3) is 5.56 Å². The Bertz CT molecular complexity index is 1250. The molecule has 0 bridgehead atoms. The van der Waals surface area contributed by atoms with Gasteiger partial charge in [-0.15, -0.1) is 0 Å². The molecule has 182 valence electrons. The highest BCUT2D eigenvalue weighted by molar-refractivity contribution is 5.95. The van der Waals surface area contributed by atoms with Gasteiger partial charge in [0, 0.05) is 24.1 Å². The maximum Gasteiger partial charge on any atom is 0.330 e. The van der Waals surface area contributed by atoms with Crippen LogP contribution in [0.1, 0.15) is 48.8 Å². The van der Waals surface area contributed by atoms with Gasteiger partial charge in [0.1, 0.15) is 17.3 Å². The van der Waals surface area contributed by atoms with Crippen LogP contribution in [0.25, 0.3) is 0 Å². The van der Waals surface area contributed by atoms with Crippen molar-refractivity contribution >= 4 is 17.4 Å². The Kier molecular flexibility index (Phi) is 7.93. The topological polar surface area (TPSA) is 136 Å². The molecular formula is C24H31N5O5. The van der Waals surface area contributed by atoms with E-state index in [1.807, 2.05) is 32.0 Å². The van der Waals surface area contributed by atoms with Crippen molar-refractivity contribution in [2.45, 2.75) is 59.5 Å². The van der Waals surface area contributed by atoms with E-state index in [0.717, 1.165) is 12.0 Å². The third-order valence-electron chi connectivity index (χ3n) is 5.81. The number of methoxy groups -OCH3 is 1. The van der Waals surface area contributed by atoms with Crippen LogP contribution in [0.5, 0.6) is 5.75 Å². The summed E-state index contributed by atoms with van der Waals surface area (Å²) >= 11 is 0. The minimum Gasteiger partial charge on any atom is -0.496 e. The molecule has 0 aliphatic carbocycles. The molecule has 0 radical (unpaired) electrons. The zero-order valence-corrected chi connectivity index (χ0v) is 20.0. The molecule has 0 aliphatic rings. The van der Waals surface area contributed by atoms with Crippen molar-refractivity contribution in [3.05, 3.63) is 67.7 Å². The standard InChI is InChI=1S/C24H31N5O5/c1-5-6-13-28-22(25)21(23(31)26-24(28)32)29(14-17-9-7-8-10-19(17)33-4)20(30)12-11-18-15(2)27-34-16(18)3/h7-10H,5-6,11-14,25H2,1-4H3,(H,26,31,32). The van der Waals surface area contributed by atoms with Gasteiger partial charge in [-0.05, 0) is 32.8 Å². The lowest BCUT2D eigenvalue weighted by molar-refractivity contribution is -0.118. The molecule has 1 amide bonds. The number of amides is 1. The number of carbonyl (C=O) groups is 1. The predicted molar refractivity (Wildman–Crippen MR) is 129 cm³/mol. The molecule has 3 rings (SSSR count). The summed E-state index contributed by atoms with van der Waals surface area (Å²) in [7, 11) is 1.54. The van der Waals surface area contributed by atoms with Crippen LogP contribution < -0.4 is 26.6 Å². The van der Waals surface area contributed by atoms with Gasteiger partial charge >= 0.3 is 5.69 Å². The lowest BCUT2D eigenvalue weighted by Gasteiger charge is -2.25. The third kappa shape index (κ3) is 5.22. The van der Waals surface area contributed by atoms with Crippen molar-refractivity contribution in [3.63, 3.8) is 0 Å². The van der Waals surface area contributed by atoms with Crippen LogP contribution >= 0.6 is 0 Å². The number of aromatic amines is 1. The highest BCUT2D eigenvalue weighted by Crippen LogP contribution is 2.26. The van der Waals surface area contributed by atoms with E-state index in [-0.39, 0.29) is 30.4 Å². The molecule has 0 saturated carbocycles. The fourth-order valence-electron chi connectivity index (χ4n) is 3.90. The van der Waals surface area contributed by atoms with Crippen LogP contribution in [0.15, 0.2) is 38.4 Å². The van der Waals surface area contributed by atoms with Crippen LogP contribution in [0, 0.1) is 13.8 Å². The molecule has 0 spiro atoms. The first-order chi connectivity index (χ1) is 16.3. The Morgan fingerprint density at radius 2 is 2.00 bits per heavy atom. The fourth-order valence-corrected chi connectivity index (χ4v) is 3.90. The van der Waals surface area contributed by atoms with E-state index in [4.69, 9.17) is 15.0 Å². The van der Waals surface area contributed by atoms with E-state index < -0.39 is 11.2 Å². The third-order valence-corrected chi connectivity index (χ3v) is 5.81. The van der Waals surface area contributed by atoms with Gasteiger partial charge < -0.3 is 15.0 Å². The number of benzene rings is 1. The highest BCUT2D eigenvalue weighted by atomic mass is 16.5. The van der Waals surface area contributed by atoms with Gasteiger partial charge in [-0.2, -0.15) is 0 Å². The number of ether oxygens (including phenoxy) is 1. The van der Waals surface area contributed by atoms with Crippen molar-refractivity contribution in [1.29, 1.82) is 0 Å². The van der Waals surface area contributed by atoms with Crippen molar-refractivity contribution < 1.29 is 14.1 Å². The molecule has 0 atom stereocenters. The molecule has 0 unspecified atom stereocenters. The summed E-state index contributed by atoms with van der Waals surface area (Å²) in [6.45, 7) is 5.97. The number of nitrogens with two attached hydrogens (primary N) is 1.